The molecule has 0 spiro atoms. The van der Waals surface area contributed by atoms with E-state index in [0.29, 0.717) is 27.7 Å². The second kappa shape index (κ2) is 9.01. The molecule has 8 N–H and O–H groups in total. The van der Waals surface area contributed by atoms with E-state index in [2.05, 4.69) is 0 Å². The SMILES string of the molecule is Oc1c(O)c(O)c2c(-c3ccc4oc5ccccc5c4c3)c3c(O)c(O)c(O)c(O)c3c(-c3ccc4ccccc4c3)c2c1O. The van der Waals surface area contributed by atoms with Gasteiger partial charge in [0.1, 0.15) is 11.2 Å². The van der Waals surface area contributed by atoms with Crippen molar-refractivity contribution < 1.29 is 45.3 Å². The maximum absolute atomic E-state index is 11.4. The van der Waals surface area contributed by atoms with Crippen molar-refractivity contribution in [2.75, 3.05) is 0 Å². The molecule has 0 bridgehead atoms. The molecule has 0 aliphatic carbocycles. The molecule has 8 aromatic rings. The number of phenols is 8. The number of furan rings is 1. The highest BCUT2D eigenvalue weighted by Crippen LogP contribution is 2.62. The summed E-state index contributed by atoms with van der Waals surface area (Å²) in [6, 6.07) is 24.9. The van der Waals surface area contributed by atoms with Gasteiger partial charge in [0.15, 0.2) is 23.0 Å². The van der Waals surface area contributed by atoms with E-state index in [9.17, 15) is 40.9 Å². The van der Waals surface area contributed by atoms with E-state index < -0.39 is 46.0 Å². The van der Waals surface area contributed by atoms with E-state index in [-0.39, 0.29) is 32.7 Å². The maximum atomic E-state index is 11.4. The molecule has 45 heavy (non-hydrogen) atoms. The Hall–Kier alpha value is -6.48. The van der Waals surface area contributed by atoms with Crippen LogP contribution in [0.15, 0.2) is 89.3 Å². The van der Waals surface area contributed by atoms with Gasteiger partial charge in [0.2, 0.25) is 23.0 Å². The van der Waals surface area contributed by atoms with Gasteiger partial charge in [0.05, 0.1) is 0 Å². The van der Waals surface area contributed by atoms with Gasteiger partial charge in [-0.1, -0.05) is 60.7 Å². The predicted molar refractivity (Wildman–Crippen MR) is 170 cm³/mol. The van der Waals surface area contributed by atoms with Crippen LogP contribution in [-0.2, 0) is 0 Å². The minimum atomic E-state index is -1.02. The van der Waals surface area contributed by atoms with Gasteiger partial charge in [-0.25, -0.2) is 0 Å². The summed E-state index contributed by atoms with van der Waals surface area (Å²) in [5.74, 6) is -7.39. The number of fused-ring (bicyclic) bond motifs is 6. The van der Waals surface area contributed by atoms with Crippen LogP contribution in [0.1, 0.15) is 0 Å². The summed E-state index contributed by atoms with van der Waals surface area (Å²) in [6.07, 6.45) is 0. The minimum Gasteiger partial charge on any atom is -0.504 e. The molecule has 0 amide bonds. The van der Waals surface area contributed by atoms with E-state index >= 15 is 0 Å². The van der Waals surface area contributed by atoms with Crippen molar-refractivity contribution >= 4 is 54.3 Å². The highest BCUT2D eigenvalue weighted by atomic mass is 16.4. The Kier molecular flexibility index (Phi) is 5.24. The lowest BCUT2D eigenvalue weighted by Crippen LogP contribution is -1.94. The summed E-state index contributed by atoms with van der Waals surface area (Å²) in [7, 11) is 0. The number of phenolic OH excluding ortho intramolecular Hbond substituents is 8. The monoisotopic (exact) mass is 598 g/mol. The molecule has 1 aromatic heterocycles. The van der Waals surface area contributed by atoms with Gasteiger partial charge in [-0.2, -0.15) is 0 Å². The fraction of sp³-hybridized carbons (Fsp3) is 0. The normalized spacial score (nSPS) is 11.8. The smallest absolute Gasteiger partial charge is 0.204 e. The average molecular weight is 599 g/mol. The Labute approximate surface area is 252 Å². The summed E-state index contributed by atoms with van der Waals surface area (Å²) in [4.78, 5) is 0. The zero-order valence-electron chi connectivity index (χ0n) is 23.1. The van der Waals surface area contributed by atoms with Crippen molar-refractivity contribution in [2.45, 2.75) is 0 Å². The predicted octanol–water partition coefficient (Wildman–Crippen LogP) is 8.02. The standard InChI is InChI=1S/C36H22O9/c37-29-25-23(17-10-9-15-5-1-2-6-16(15)13-17)26-28(32(40)36(44)34(42)30(26)38)24(27(25)31(39)35(43)33(29)41)18-11-12-22-20(14-18)19-7-3-4-8-21(19)45-22/h1-14,37-44H. The molecule has 0 atom stereocenters. The molecule has 1 heterocycles. The molecule has 0 aliphatic rings. The van der Waals surface area contributed by atoms with Gasteiger partial charge in [-0.3, -0.25) is 0 Å². The number of aromatic hydroxyl groups is 8. The summed E-state index contributed by atoms with van der Waals surface area (Å²) in [6.45, 7) is 0. The Morgan fingerprint density at radius 3 is 1.38 bits per heavy atom. The molecule has 220 valence electrons. The van der Waals surface area contributed by atoms with Crippen LogP contribution < -0.4 is 0 Å². The number of para-hydroxylation sites is 1. The average Bonchev–Trinajstić information content (AvgIpc) is 3.44. The molecule has 0 radical (unpaired) electrons. The molecule has 0 fully saturated rings. The Morgan fingerprint density at radius 1 is 0.356 bits per heavy atom. The number of benzene rings is 7. The molecular formula is C36H22O9. The lowest BCUT2D eigenvalue weighted by atomic mass is 9.83. The van der Waals surface area contributed by atoms with Gasteiger partial charge >= 0.3 is 0 Å². The largest absolute Gasteiger partial charge is 0.504 e. The van der Waals surface area contributed by atoms with Crippen molar-refractivity contribution in [3.63, 3.8) is 0 Å². The first-order valence-electron chi connectivity index (χ1n) is 13.8. The Bertz CT molecular complexity index is 2500. The minimum absolute atomic E-state index is 0.00413. The van der Waals surface area contributed by atoms with Crippen molar-refractivity contribution in [3.8, 4) is 68.2 Å². The molecular weight excluding hydrogens is 576 g/mol. The van der Waals surface area contributed by atoms with Gasteiger partial charge in [-0.15, -0.1) is 0 Å². The van der Waals surface area contributed by atoms with Crippen LogP contribution in [0.3, 0.4) is 0 Å². The fourth-order valence-electron chi connectivity index (χ4n) is 6.42. The van der Waals surface area contributed by atoms with Crippen LogP contribution in [0.4, 0.5) is 0 Å². The molecule has 0 unspecified atom stereocenters. The summed E-state index contributed by atoms with van der Waals surface area (Å²) in [5, 5.41) is 91.0. The van der Waals surface area contributed by atoms with Crippen molar-refractivity contribution in [1.29, 1.82) is 0 Å². The van der Waals surface area contributed by atoms with E-state index in [1.54, 1.807) is 42.5 Å². The van der Waals surface area contributed by atoms with Gasteiger partial charge < -0.3 is 45.3 Å². The second-order valence-corrected chi connectivity index (χ2v) is 10.9. The topological polar surface area (TPSA) is 175 Å². The molecule has 0 saturated heterocycles. The quantitative estimate of drug-likeness (QED) is 0.0556. The lowest BCUT2D eigenvalue weighted by molar-refractivity contribution is 0.350. The van der Waals surface area contributed by atoms with Crippen LogP contribution in [0.25, 0.3) is 76.5 Å². The summed E-state index contributed by atoms with van der Waals surface area (Å²) >= 11 is 0. The maximum Gasteiger partial charge on any atom is 0.204 e. The highest BCUT2D eigenvalue weighted by molar-refractivity contribution is 6.29. The van der Waals surface area contributed by atoms with Gasteiger partial charge in [0, 0.05) is 43.4 Å². The zero-order valence-corrected chi connectivity index (χ0v) is 23.1. The molecule has 0 aliphatic heterocycles. The summed E-state index contributed by atoms with van der Waals surface area (Å²) in [5.41, 5.74) is 1.77. The first-order valence-corrected chi connectivity index (χ1v) is 13.8. The fourth-order valence-corrected chi connectivity index (χ4v) is 6.42. The van der Waals surface area contributed by atoms with Crippen molar-refractivity contribution in [1.82, 2.24) is 0 Å². The summed E-state index contributed by atoms with van der Waals surface area (Å²) < 4.78 is 5.96. The molecule has 9 heteroatoms. The van der Waals surface area contributed by atoms with Gasteiger partial charge in [-0.05, 0) is 46.2 Å². The highest BCUT2D eigenvalue weighted by Gasteiger charge is 2.32. The van der Waals surface area contributed by atoms with E-state index in [1.165, 1.54) is 0 Å². The van der Waals surface area contributed by atoms with Crippen molar-refractivity contribution in [3.05, 3.63) is 84.9 Å². The number of hydrogen-bond acceptors (Lipinski definition) is 9. The third kappa shape index (κ3) is 3.43. The van der Waals surface area contributed by atoms with Crippen LogP contribution >= 0.6 is 0 Å². The van der Waals surface area contributed by atoms with Gasteiger partial charge in [0.25, 0.3) is 0 Å². The Morgan fingerprint density at radius 2 is 0.800 bits per heavy atom. The van der Waals surface area contributed by atoms with Crippen LogP contribution in [0, 0.1) is 0 Å². The van der Waals surface area contributed by atoms with E-state index in [0.717, 1.165) is 16.2 Å². The van der Waals surface area contributed by atoms with Crippen LogP contribution in [0.2, 0.25) is 0 Å². The van der Waals surface area contributed by atoms with Crippen molar-refractivity contribution in [2.24, 2.45) is 0 Å². The zero-order chi connectivity index (χ0) is 31.3. The lowest BCUT2D eigenvalue weighted by Gasteiger charge is -2.22. The van der Waals surface area contributed by atoms with E-state index in [1.807, 2.05) is 42.5 Å². The van der Waals surface area contributed by atoms with E-state index in [4.69, 9.17) is 4.42 Å². The van der Waals surface area contributed by atoms with Crippen LogP contribution in [-0.4, -0.2) is 40.9 Å². The molecule has 7 aromatic carbocycles. The third-order valence-electron chi connectivity index (χ3n) is 8.50. The molecule has 0 saturated carbocycles. The molecule has 8 rings (SSSR count). The first kappa shape index (κ1) is 26.2. The second-order valence-electron chi connectivity index (χ2n) is 10.9. The number of hydrogen-bond donors (Lipinski definition) is 8. The Balaban J connectivity index is 1.66. The van der Waals surface area contributed by atoms with Crippen LogP contribution in [0.5, 0.6) is 46.0 Å². The number of rotatable bonds is 2. The molecule has 9 nitrogen and oxygen atoms in total. The first-order chi connectivity index (χ1) is 21.7. The third-order valence-corrected chi connectivity index (χ3v) is 8.50.